The molecule has 26 heavy (non-hydrogen) atoms. The van der Waals surface area contributed by atoms with Crippen molar-refractivity contribution >= 4 is 10.0 Å². The van der Waals surface area contributed by atoms with Crippen molar-refractivity contribution in [3.63, 3.8) is 0 Å². The molecule has 0 bridgehead atoms. The molecule has 0 atom stereocenters. The topological polar surface area (TPSA) is 92.7 Å². The van der Waals surface area contributed by atoms with Crippen LogP contribution in [0, 0.1) is 0 Å². The van der Waals surface area contributed by atoms with Crippen LogP contribution in [-0.2, 0) is 10.0 Å². The van der Waals surface area contributed by atoms with Crippen molar-refractivity contribution in [3.8, 4) is 11.5 Å². The molecule has 0 saturated carbocycles. The summed E-state index contributed by atoms with van der Waals surface area (Å²) in [4.78, 5) is 2.30. The zero-order valence-electron chi connectivity index (χ0n) is 15.5. The van der Waals surface area contributed by atoms with Gasteiger partial charge in [0, 0.05) is 38.2 Å². The minimum Gasteiger partial charge on any atom is -0.451 e. The van der Waals surface area contributed by atoms with Gasteiger partial charge in [0.2, 0.25) is 11.0 Å². The summed E-state index contributed by atoms with van der Waals surface area (Å²) in [6, 6.07) is 1.45. The van der Waals surface area contributed by atoms with E-state index in [1.54, 1.807) is 0 Å². The molecule has 1 saturated heterocycles. The summed E-state index contributed by atoms with van der Waals surface area (Å²) in [7, 11) is -3.65. The van der Waals surface area contributed by atoms with Crippen LogP contribution < -0.4 is 0 Å². The molecule has 2 aromatic heterocycles. The Morgan fingerprint density at radius 3 is 2.54 bits per heavy atom. The number of aromatic nitrogens is 2. The van der Waals surface area contributed by atoms with Crippen LogP contribution in [0.3, 0.4) is 0 Å². The normalized spacial score (nSPS) is 17.2. The van der Waals surface area contributed by atoms with E-state index in [1.807, 2.05) is 13.8 Å². The first kappa shape index (κ1) is 19.1. The molecule has 3 heterocycles. The number of rotatable bonds is 7. The van der Waals surface area contributed by atoms with Crippen LogP contribution in [-0.4, -0.2) is 60.5 Å². The van der Waals surface area contributed by atoms with Crippen LogP contribution in [0.15, 0.2) is 26.3 Å². The molecule has 1 fully saturated rings. The van der Waals surface area contributed by atoms with E-state index in [4.69, 9.17) is 8.83 Å². The van der Waals surface area contributed by atoms with Crippen molar-refractivity contribution in [2.24, 2.45) is 0 Å². The lowest BCUT2D eigenvalue weighted by Crippen LogP contribution is -2.48. The van der Waals surface area contributed by atoms with Crippen molar-refractivity contribution in [1.82, 2.24) is 19.4 Å². The smallest absolute Gasteiger partial charge is 0.276 e. The second-order valence-electron chi connectivity index (χ2n) is 6.85. The molecule has 0 radical (unpaired) electrons. The van der Waals surface area contributed by atoms with Crippen molar-refractivity contribution in [2.45, 2.75) is 44.6 Å². The minimum absolute atomic E-state index is 0.0844. The Morgan fingerprint density at radius 1 is 1.19 bits per heavy atom. The van der Waals surface area contributed by atoms with Gasteiger partial charge in [-0.2, -0.15) is 4.31 Å². The first-order valence-corrected chi connectivity index (χ1v) is 10.5. The van der Waals surface area contributed by atoms with E-state index in [9.17, 15) is 8.42 Å². The zero-order valence-corrected chi connectivity index (χ0v) is 16.3. The molecule has 1 aliphatic rings. The van der Waals surface area contributed by atoms with Crippen LogP contribution in [0.2, 0.25) is 0 Å². The molecule has 9 heteroatoms. The summed E-state index contributed by atoms with van der Waals surface area (Å²) >= 11 is 0. The third-order valence-corrected chi connectivity index (χ3v) is 6.28. The Morgan fingerprint density at radius 2 is 1.92 bits per heavy atom. The number of sulfonamides is 1. The predicted molar refractivity (Wildman–Crippen MR) is 96.2 cm³/mol. The lowest BCUT2D eigenvalue weighted by molar-refractivity contribution is 0.184. The maximum absolute atomic E-state index is 12.8. The number of piperazine rings is 1. The molecule has 8 nitrogen and oxygen atoms in total. The van der Waals surface area contributed by atoms with E-state index < -0.39 is 10.0 Å². The molecule has 0 spiro atoms. The first-order chi connectivity index (χ1) is 12.4. The number of nitrogens with zero attached hydrogens (tertiary/aromatic N) is 4. The van der Waals surface area contributed by atoms with Gasteiger partial charge in [0.1, 0.15) is 6.26 Å². The van der Waals surface area contributed by atoms with E-state index in [0.717, 1.165) is 32.5 Å². The Hall–Kier alpha value is -1.71. The molecule has 3 rings (SSSR count). The summed E-state index contributed by atoms with van der Waals surface area (Å²) in [5.41, 5.74) is 0.476. The number of hydrogen-bond acceptors (Lipinski definition) is 7. The Balaban J connectivity index is 1.69. The first-order valence-electron chi connectivity index (χ1n) is 9.06. The largest absolute Gasteiger partial charge is 0.451 e. The van der Waals surface area contributed by atoms with E-state index in [0.29, 0.717) is 24.5 Å². The molecule has 2 aromatic rings. The van der Waals surface area contributed by atoms with Crippen molar-refractivity contribution < 1.29 is 17.3 Å². The summed E-state index contributed by atoms with van der Waals surface area (Å²) < 4.78 is 38.0. The minimum atomic E-state index is -3.65. The average molecular weight is 382 g/mol. The van der Waals surface area contributed by atoms with Gasteiger partial charge in [0.25, 0.3) is 15.9 Å². The van der Waals surface area contributed by atoms with E-state index in [-0.39, 0.29) is 16.9 Å². The monoisotopic (exact) mass is 382 g/mol. The molecule has 0 aromatic carbocycles. The number of unbranched alkanes of at least 4 members (excludes halogenated alkanes) is 1. The van der Waals surface area contributed by atoms with Crippen molar-refractivity contribution in [2.75, 3.05) is 32.7 Å². The highest BCUT2D eigenvalue weighted by Gasteiger charge is 2.31. The predicted octanol–water partition coefficient (Wildman–Crippen LogP) is 2.56. The third-order valence-electron chi connectivity index (χ3n) is 4.51. The number of hydrogen-bond donors (Lipinski definition) is 0. The zero-order chi connectivity index (χ0) is 18.7. The van der Waals surface area contributed by atoms with E-state index in [2.05, 4.69) is 22.0 Å². The summed E-state index contributed by atoms with van der Waals surface area (Å²) in [6.45, 7) is 9.50. The highest BCUT2D eigenvalue weighted by molar-refractivity contribution is 7.89. The number of furan rings is 1. The lowest BCUT2D eigenvalue weighted by atomic mass is 10.2. The quantitative estimate of drug-likeness (QED) is 0.726. The van der Waals surface area contributed by atoms with Crippen molar-refractivity contribution in [3.05, 3.63) is 18.2 Å². The molecule has 1 aliphatic heterocycles. The van der Waals surface area contributed by atoms with Gasteiger partial charge >= 0.3 is 0 Å². The van der Waals surface area contributed by atoms with E-state index >= 15 is 0 Å². The molecule has 144 valence electrons. The van der Waals surface area contributed by atoms with Crippen molar-refractivity contribution in [1.29, 1.82) is 0 Å². The molecular formula is C17H26N4O4S. The SMILES string of the molecule is CCCCN1CCN(S(=O)(=O)c2cc(-c3nnc(C(C)C)o3)co2)CC1. The summed E-state index contributed by atoms with van der Waals surface area (Å²) in [5.74, 6) is 0.882. The highest BCUT2D eigenvalue weighted by atomic mass is 32.2. The lowest BCUT2D eigenvalue weighted by Gasteiger charge is -2.33. The van der Waals surface area contributed by atoms with Gasteiger partial charge in [-0.25, -0.2) is 8.42 Å². The fraction of sp³-hybridized carbons (Fsp3) is 0.647. The molecule has 0 N–H and O–H groups in total. The van der Waals surface area contributed by atoms with Crippen LogP contribution in [0.1, 0.15) is 45.4 Å². The van der Waals surface area contributed by atoms with E-state index in [1.165, 1.54) is 16.6 Å². The standard InChI is InChI=1S/C17H26N4O4S/c1-4-5-6-20-7-9-21(10-8-20)26(22,23)15-11-14(12-24-15)17-19-18-16(25-17)13(2)3/h11-13H,4-10H2,1-3H3. The van der Waals surface area contributed by atoms with Gasteiger partial charge in [-0.3, -0.25) is 0 Å². The van der Waals surface area contributed by atoms with Crippen LogP contribution in [0.4, 0.5) is 0 Å². The van der Waals surface area contributed by atoms with Crippen LogP contribution >= 0.6 is 0 Å². The summed E-state index contributed by atoms with van der Waals surface area (Å²) in [6.07, 6.45) is 3.63. The van der Waals surface area contributed by atoms with Gasteiger partial charge in [-0.15, -0.1) is 10.2 Å². The Kier molecular flexibility index (Phi) is 5.79. The maximum Gasteiger partial charge on any atom is 0.276 e. The second-order valence-corrected chi connectivity index (χ2v) is 8.72. The fourth-order valence-electron chi connectivity index (χ4n) is 2.85. The van der Waals surface area contributed by atoms with Gasteiger partial charge in [-0.1, -0.05) is 27.2 Å². The maximum atomic E-state index is 12.8. The average Bonchev–Trinajstić information content (AvgIpc) is 3.29. The van der Waals surface area contributed by atoms with Crippen LogP contribution in [0.5, 0.6) is 0 Å². The molecule has 0 unspecified atom stereocenters. The van der Waals surface area contributed by atoms with Crippen LogP contribution in [0.25, 0.3) is 11.5 Å². The highest BCUT2D eigenvalue weighted by Crippen LogP contribution is 2.27. The molecule has 0 amide bonds. The second kappa shape index (κ2) is 7.89. The van der Waals surface area contributed by atoms with Gasteiger partial charge < -0.3 is 13.7 Å². The summed E-state index contributed by atoms with van der Waals surface area (Å²) in [5, 5.41) is 7.84. The van der Waals surface area contributed by atoms with Gasteiger partial charge in [0.15, 0.2) is 0 Å². The molecule has 0 aliphatic carbocycles. The third kappa shape index (κ3) is 3.99. The Labute approximate surface area is 154 Å². The molecular weight excluding hydrogens is 356 g/mol. The Bertz CT molecular complexity index is 819. The van der Waals surface area contributed by atoms with Gasteiger partial charge in [0.05, 0.1) is 5.56 Å². The fourth-order valence-corrected chi connectivity index (χ4v) is 4.20. The van der Waals surface area contributed by atoms with Gasteiger partial charge in [-0.05, 0) is 13.0 Å².